The Bertz CT molecular complexity index is 344. The lowest BCUT2D eigenvalue weighted by Gasteiger charge is -2.14. The van der Waals surface area contributed by atoms with Gasteiger partial charge in [-0.2, -0.15) is 0 Å². The van der Waals surface area contributed by atoms with E-state index in [0.717, 1.165) is 11.3 Å². The number of benzene rings is 1. The molecule has 1 nitrogen and oxygen atoms in total. The normalized spacial score (nSPS) is 14.7. The Balaban J connectivity index is 2.58. The standard InChI is InChI=1S/C9H6Cl2O/c10-6-1-2-9-7(5-6)8(11)3-4-12-9/h1-3,5H,4H2. The first kappa shape index (κ1) is 7.96. The molecule has 0 saturated heterocycles. The Morgan fingerprint density at radius 1 is 1.25 bits per heavy atom. The summed E-state index contributed by atoms with van der Waals surface area (Å²) in [5, 5.41) is 1.38. The summed E-state index contributed by atoms with van der Waals surface area (Å²) >= 11 is 11.7. The largest absolute Gasteiger partial charge is 0.489 e. The Labute approximate surface area is 80.6 Å². The van der Waals surface area contributed by atoms with Crippen molar-refractivity contribution in [1.29, 1.82) is 0 Å². The van der Waals surface area contributed by atoms with Crippen molar-refractivity contribution in [2.24, 2.45) is 0 Å². The summed E-state index contributed by atoms with van der Waals surface area (Å²) in [4.78, 5) is 0. The Kier molecular flexibility index (Phi) is 1.99. The van der Waals surface area contributed by atoms with E-state index in [1.54, 1.807) is 12.1 Å². The van der Waals surface area contributed by atoms with Crippen LogP contribution in [0.1, 0.15) is 5.56 Å². The molecular weight excluding hydrogens is 195 g/mol. The molecule has 1 heterocycles. The molecule has 0 saturated carbocycles. The smallest absolute Gasteiger partial charge is 0.128 e. The van der Waals surface area contributed by atoms with E-state index >= 15 is 0 Å². The summed E-state index contributed by atoms with van der Waals surface area (Å²) in [6.07, 6.45) is 1.82. The van der Waals surface area contributed by atoms with Crippen molar-refractivity contribution in [3.63, 3.8) is 0 Å². The quantitative estimate of drug-likeness (QED) is 0.625. The summed E-state index contributed by atoms with van der Waals surface area (Å²) in [5.41, 5.74) is 0.871. The summed E-state index contributed by atoms with van der Waals surface area (Å²) in [6, 6.07) is 5.41. The van der Waals surface area contributed by atoms with Crippen molar-refractivity contribution >= 4 is 28.2 Å². The lowest BCUT2D eigenvalue weighted by Crippen LogP contribution is -2.01. The lowest BCUT2D eigenvalue weighted by molar-refractivity contribution is 0.358. The average Bonchev–Trinajstić information content (AvgIpc) is 2.07. The number of halogens is 2. The Hall–Kier alpha value is -0.660. The van der Waals surface area contributed by atoms with Gasteiger partial charge in [-0.25, -0.2) is 0 Å². The molecule has 0 fully saturated rings. The SMILES string of the molecule is ClC1=CCOc2ccc(Cl)cc21. The fourth-order valence-corrected chi connectivity index (χ4v) is 1.51. The topological polar surface area (TPSA) is 9.23 Å². The van der Waals surface area contributed by atoms with Gasteiger partial charge in [0.05, 0.1) is 5.03 Å². The molecule has 62 valence electrons. The van der Waals surface area contributed by atoms with Crippen LogP contribution in [0.4, 0.5) is 0 Å². The molecule has 0 aliphatic carbocycles. The first-order valence-electron chi connectivity index (χ1n) is 3.56. The van der Waals surface area contributed by atoms with Crippen LogP contribution in [0.3, 0.4) is 0 Å². The summed E-state index contributed by atoms with van der Waals surface area (Å²) in [6.45, 7) is 0.535. The van der Waals surface area contributed by atoms with E-state index in [1.807, 2.05) is 12.1 Å². The molecule has 0 radical (unpaired) electrons. The van der Waals surface area contributed by atoms with E-state index in [-0.39, 0.29) is 0 Å². The molecule has 0 unspecified atom stereocenters. The van der Waals surface area contributed by atoms with Gasteiger partial charge in [0.2, 0.25) is 0 Å². The molecule has 3 heteroatoms. The van der Waals surface area contributed by atoms with E-state index in [4.69, 9.17) is 27.9 Å². The van der Waals surface area contributed by atoms with Crippen molar-refractivity contribution < 1.29 is 4.74 Å². The molecule has 1 aliphatic heterocycles. The predicted molar refractivity (Wildman–Crippen MR) is 50.8 cm³/mol. The number of fused-ring (bicyclic) bond motifs is 1. The Morgan fingerprint density at radius 3 is 2.92 bits per heavy atom. The third-order valence-electron chi connectivity index (χ3n) is 1.70. The lowest BCUT2D eigenvalue weighted by atomic mass is 10.1. The highest BCUT2D eigenvalue weighted by Gasteiger charge is 2.11. The number of hydrogen-bond acceptors (Lipinski definition) is 1. The van der Waals surface area contributed by atoms with Crippen LogP contribution < -0.4 is 4.74 Å². The van der Waals surface area contributed by atoms with Gasteiger partial charge in [-0.05, 0) is 24.3 Å². The average molecular weight is 201 g/mol. The van der Waals surface area contributed by atoms with E-state index in [2.05, 4.69) is 0 Å². The Morgan fingerprint density at radius 2 is 2.08 bits per heavy atom. The number of rotatable bonds is 0. The third kappa shape index (κ3) is 1.30. The highest BCUT2D eigenvalue weighted by molar-refractivity contribution is 6.49. The highest BCUT2D eigenvalue weighted by atomic mass is 35.5. The zero-order valence-electron chi connectivity index (χ0n) is 6.18. The van der Waals surface area contributed by atoms with Crippen LogP contribution >= 0.6 is 23.2 Å². The molecule has 0 bridgehead atoms. The van der Waals surface area contributed by atoms with Crippen LogP contribution in [0.25, 0.3) is 5.03 Å². The van der Waals surface area contributed by atoms with Crippen LogP contribution in [0.5, 0.6) is 5.75 Å². The maximum absolute atomic E-state index is 5.94. The van der Waals surface area contributed by atoms with Crippen molar-refractivity contribution in [2.45, 2.75) is 0 Å². The monoisotopic (exact) mass is 200 g/mol. The molecule has 2 rings (SSSR count). The van der Waals surface area contributed by atoms with Crippen LogP contribution in [0, 0.1) is 0 Å². The second kappa shape index (κ2) is 3.00. The first-order chi connectivity index (χ1) is 5.77. The van der Waals surface area contributed by atoms with Gasteiger partial charge in [0.15, 0.2) is 0 Å². The second-order valence-corrected chi connectivity index (χ2v) is 3.35. The predicted octanol–water partition coefficient (Wildman–Crippen LogP) is 3.31. The summed E-state index contributed by atoms with van der Waals surface area (Å²) < 4.78 is 5.33. The fraction of sp³-hybridized carbons (Fsp3) is 0.111. The van der Waals surface area contributed by atoms with E-state index in [0.29, 0.717) is 16.7 Å². The number of ether oxygens (including phenoxy) is 1. The van der Waals surface area contributed by atoms with Gasteiger partial charge in [0.1, 0.15) is 12.4 Å². The van der Waals surface area contributed by atoms with Gasteiger partial charge in [-0.3, -0.25) is 0 Å². The zero-order valence-corrected chi connectivity index (χ0v) is 7.69. The second-order valence-electron chi connectivity index (χ2n) is 2.50. The van der Waals surface area contributed by atoms with Gasteiger partial charge >= 0.3 is 0 Å². The summed E-state index contributed by atoms with van der Waals surface area (Å²) in [5.74, 6) is 0.798. The van der Waals surface area contributed by atoms with E-state index < -0.39 is 0 Å². The fourth-order valence-electron chi connectivity index (χ4n) is 1.13. The maximum atomic E-state index is 5.94. The van der Waals surface area contributed by atoms with Gasteiger partial charge in [0.25, 0.3) is 0 Å². The molecule has 1 aromatic rings. The van der Waals surface area contributed by atoms with Crippen LogP contribution in [-0.4, -0.2) is 6.61 Å². The first-order valence-corrected chi connectivity index (χ1v) is 4.31. The minimum atomic E-state index is 0.535. The maximum Gasteiger partial charge on any atom is 0.128 e. The van der Waals surface area contributed by atoms with Crippen molar-refractivity contribution in [3.05, 3.63) is 34.9 Å². The molecule has 0 aromatic heterocycles. The van der Waals surface area contributed by atoms with Crippen molar-refractivity contribution in [2.75, 3.05) is 6.61 Å². The van der Waals surface area contributed by atoms with Gasteiger partial charge in [-0.1, -0.05) is 23.2 Å². The molecule has 0 amide bonds. The molecule has 0 spiro atoms. The van der Waals surface area contributed by atoms with Gasteiger partial charge in [0, 0.05) is 10.6 Å². The molecule has 1 aliphatic rings. The van der Waals surface area contributed by atoms with Crippen LogP contribution in [-0.2, 0) is 0 Å². The zero-order chi connectivity index (χ0) is 8.55. The third-order valence-corrected chi connectivity index (χ3v) is 2.29. The minimum absolute atomic E-state index is 0.535. The van der Waals surface area contributed by atoms with Gasteiger partial charge < -0.3 is 4.74 Å². The van der Waals surface area contributed by atoms with Crippen LogP contribution in [0.2, 0.25) is 5.02 Å². The van der Waals surface area contributed by atoms with Crippen molar-refractivity contribution in [3.8, 4) is 5.75 Å². The molecule has 0 N–H and O–H groups in total. The van der Waals surface area contributed by atoms with Gasteiger partial charge in [-0.15, -0.1) is 0 Å². The van der Waals surface area contributed by atoms with E-state index in [1.165, 1.54) is 0 Å². The minimum Gasteiger partial charge on any atom is -0.489 e. The van der Waals surface area contributed by atoms with Crippen molar-refractivity contribution in [1.82, 2.24) is 0 Å². The molecular formula is C9H6Cl2O. The van der Waals surface area contributed by atoms with Crippen LogP contribution in [0.15, 0.2) is 24.3 Å². The molecule has 0 atom stereocenters. The molecule has 1 aromatic carbocycles. The number of hydrogen-bond donors (Lipinski definition) is 0. The highest BCUT2D eigenvalue weighted by Crippen LogP contribution is 2.33. The molecule has 12 heavy (non-hydrogen) atoms. The van der Waals surface area contributed by atoms with E-state index in [9.17, 15) is 0 Å². The summed E-state index contributed by atoms with van der Waals surface area (Å²) in [7, 11) is 0.